The number of hydrogen-bond acceptors (Lipinski definition) is 4. The van der Waals surface area contributed by atoms with Gasteiger partial charge in [-0.05, 0) is 37.1 Å². The zero-order valence-corrected chi connectivity index (χ0v) is 14.0. The van der Waals surface area contributed by atoms with Gasteiger partial charge in [-0.3, -0.25) is 9.59 Å². The summed E-state index contributed by atoms with van der Waals surface area (Å²) in [6, 6.07) is 6.12. The number of halogens is 2. The van der Waals surface area contributed by atoms with Gasteiger partial charge in [0.25, 0.3) is 11.7 Å². The van der Waals surface area contributed by atoms with Crippen molar-refractivity contribution < 1.29 is 18.4 Å². The van der Waals surface area contributed by atoms with Gasteiger partial charge in [0.05, 0.1) is 5.92 Å². The van der Waals surface area contributed by atoms with Gasteiger partial charge >= 0.3 is 0 Å². The molecule has 1 saturated heterocycles. The number of amides is 2. The van der Waals surface area contributed by atoms with Crippen LogP contribution in [0.2, 0.25) is 0 Å². The maximum Gasteiger partial charge on any atom is 0.288 e. The smallest absolute Gasteiger partial charge is 0.288 e. The number of benzene rings is 1. The molecule has 1 atom stereocenters. The van der Waals surface area contributed by atoms with E-state index in [-0.39, 0.29) is 17.7 Å². The second kappa shape index (κ2) is 8.98. The van der Waals surface area contributed by atoms with E-state index in [2.05, 4.69) is 5.32 Å². The van der Waals surface area contributed by atoms with Crippen LogP contribution in [0.3, 0.4) is 0 Å². The van der Waals surface area contributed by atoms with Gasteiger partial charge in [-0.1, -0.05) is 11.8 Å². The molecule has 1 aromatic carbocycles. The molecule has 0 radical (unpaired) electrons. The average molecular weight is 357 g/mol. The van der Waals surface area contributed by atoms with E-state index < -0.39 is 5.76 Å². The number of carbonyl (C=O) groups is 2. The number of likely N-dealkylation sites (tertiary alicyclic amines) is 1. The maximum absolute atomic E-state index is 12.5. The molecular formula is C16H21F2N3O2S. The predicted octanol–water partition coefficient (Wildman–Crippen LogP) is 1.93. The van der Waals surface area contributed by atoms with Crippen molar-refractivity contribution in [1.82, 2.24) is 10.2 Å². The molecule has 8 heteroatoms. The first-order valence-electron chi connectivity index (χ1n) is 7.83. The van der Waals surface area contributed by atoms with Crippen molar-refractivity contribution in [2.24, 2.45) is 11.7 Å². The maximum atomic E-state index is 12.5. The molecule has 0 spiro atoms. The first kappa shape index (κ1) is 18.7. The SMILES string of the molecule is NCCNC(=O)C1CCCN(C(=O)c2ccc(SC(F)F)cc2)C1. The zero-order chi connectivity index (χ0) is 17.5. The fourth-order valence-corrected chi connectivity index (χ4v) is 3.18. The summed E-state index contributed by atoms with van der Waals surface area (Å²) < 4.78 is 24.6. The Labute approximate surface area is 144 Å². The standard InChI is InChI=1S/C16H21F2N3O2S/c17-16(18)24-13-5-3-11(4-6-13)15(23)21-9-1-2-12(10-21)14(22)20-8-7-19/h3-6,12,16H,1-2,7-10,19H2,(H,20,22). The van der Waals surface area contributed by atoms with E-state index in [0.717, 1.165) is 12.8 Å². The predicted molar refractivity (Wildman–Crippen MR) is 89.0 cm³/mol. The summed E-state index contributed by atoms with van der Waals surface area (Å²) in [5, 5.41) is 2.75. The molecule has 5 nitrogen and oxygen atoms in total. The van der Waals surface area contributed by atoms with Crippen LogP contribution in [0.15, 0.2) is 29.2 Å². The molecule has 1 unspecified atom stereocenters. The Kier molecular flexibility index (Phi) is 6.99. The lowest BCUT2D eigenvalue weighted by Gasteiger charge is -2.32. The topological polar surface area (TPSA) is 75.4 Å². The van der Waals surface area contributed by atoms with E-state index in [1.807, 2.05) is 0 Å². The number of thioether (sulfide) groups is 1. The Balaban J connectivity index is 1.97. The van der Waals surface area contributed by atoms with Gasteiger partial charge in [0.15, 0.2) is 0 Å². The highest BCUT2D eigenvalue weighted by Gasteiger charge is 2.28. The first-order chi connectivity index (χ1) is 11.5. The van der Waals surface area contributed by atoms with Crippen molar-refractivity contribution in [2.75, 3.05) is 26.2 Å². The van der Waals surface area contributed by atoms with Crippen molar-refractivity contribution in [1.29, 1.82) is 0 Å². The van der Waals surface area contributed by atoms with Crippen molar-refractivity contribution in [3.63, 3.8) is 0 Å². The van der Waals surface area contributed by atoms with Crippen LogP contribution in [0.5, 0.6) is 0 Å². The number of carbonyl (C=O) groups excluding carboxylic acids is 2. The highest BCUT2D eigenvalue weighted by Crippen LogP contribution is 2.26. The van der Waals surface area contributed by atoms with Crippen molar-refractivity contribution >= 4 is 23.6 Å². The molecule has 3 N–H and O–H groups in total. The van der Waals surface area contributed by atoms with Crippen LogP contribution in [-0.2, 0) is 4.79 Å². The Morgan fingerprint density at radius 3 is 2.67 bits per heavy atom. The molecule has 1 fully saturated rings. The molecule has 1 aliphatic rings. The van der Waals surface area contributed by atoms with E-state index in [9.17, 15) is 18.4 Å². The summed E-state index contributed by atoms with van der Waals surface area (Å²) in [6.07, 6.45) is 1.50. The molecule has 1 aliphatic heterocycles. The van der Waals surface area contributed by atoms with Crippen LogP contribution in [0.4, 0.5) is 8.78 Å². The molecule has 0 bridgehead atoms. The third-order valence-electron chi connectivity index (χ3n) is 3.85. The highest BCUT2D eigenvalue weighted by atomic mass is 32.2. The summed E-state index contributed by atoms with van der Waals surface area (Å²) in [5.74, 6) is -2.98. The van der Waals surface area contributed by atoms with Crippen LogP contribution < -0.4 is 11.1 Å². The van der Waals surface area contributed by atoms with E-state index >= 15 is 0 Å². The molecule has 0 aliphatic carbocycles. The van der Waals surface area contributed by atoms with E-state index in [0.29, 0.717) is 48.4 Å². The van der Waals surface area contributed by atoms with E-state index in [1.54, 1.807) is 17.0 Å². The number of alkyl halides is 2. The molecule has 24 heavy (non-hydrogen) atoms. The fraction of sp³-hybridized carbons (Fsp3) is 0.500. The van der Waals surface area contributed by atoms with Gasteiger partial charge in [0.2, 0.25) is 5.91 Å². The van der Waals surface area contributed by atoms with Gasteiger partial charge in [0, 0.05) is 36.6 Å². The normalized spacial score (nSPS) is 17.8. The molecule has 1 aromatic rings. The lowest BCUT2D eigenvalue weighted by molar-refractivity contribution is -0.126. The Hall–Kier alpha value is -1.67. The van der Waals surface area contributed by atoms with Crippen molar-refractivity contribution in [3.05, 3.63) is 29.8 Å². The van der Waals surface area contributed by atoms with Crippen LogP contribution >= 0.6 is 11.8 Å². The van der Waals surface area contributed by atoms with Crippen LogP contribution in [0.25, 0.3) is 0 Å². The Morgan fingerprint density at radius 2 is 2.04 bits per heavy atom. The Bertz CT molecular complexity index is 569. The van der Waals surface area contributed by atoms with Crippen LogP contribution in [0.1, 0.15) is 23.2 Å². The highest BCUT2D eigenvalue weighted by molar-refractivity contribution is 7.99. The molecule has 1 heterocycles. The summed E-state index contributed by atoms with van der Waals surface area (Å²) in [6.45, 7) is 1.76. The number of nitrogens with zero attached hydrogens (tertiary/aromatic N) is 1. The summed E-state index contributed by atoms with van der Waals surface area (Å²) in [4.78, 5) is 26.6. The van der Waals surface area contributed by atoms with Gasteiger partial charge in [0.1, 0.15) is 0 Å². The van der Waals surface area contributed by atoms with Crippen LogP contribution in [-0.4, -0.2) is 48.7 Å². The van der Waals surface area contributed by atoms with Gasteiger partial charge in [-0.15, -0.1) is 0 Å². The number of hydrogen-bond donors (Lipinski definition) is 2. The molecule has 132 valence electrons. The summed E-state index contributed by atoms with van der Waals surface area (Å²) >= 11 is 0.445. The van der Waals surface area contributed by atoms with Gasteiger partial charge < -0.3 is 16.0 Å². The number of nitrogens with two attached hydrogens (primary N) is 1. The number of piperidine rings is 1. The zero-order valence-electron chi connectivity index (χ0n) is 13.2. The van der Waals surface area contributed by atoms with E-state index in [1.165, 1.54) is 12.1 Å². The lowest BCUT2D eigenvalue weighted by atomic mass is 9.96. The second-order valence-electron chi connectivity index (χ2n) is 5.57. The van der Waals surface area contributed by atoms with Crippen LogP contribution in [0, 0.1) is 5.92 Å². The third kappa shape index (κ3) is 5.17. The largest absolute Gasteiger partial charge is 0.355 e. The minimum absolute atomic E-state index is 0.0818. The van der Waals surface area contributed by atoms with Crippen molar-refractivity contribution in [2.45, 2.75) is 23.5 Å². The third-order valence-corrected chi connectivity index (χ3v) is 4.57. The molecule has 2 rings (SSSR count). The molecule has 0 aromatic heterocycles. The molecule has 2 amide bonds. The van der Waals surface area contributed by atoms with Gasteiger partial charge in [-0.25, -0.2) is 0 Å². The minimum atomic E-state index is -2.48. The monoisotopic (exact) mass is 357 g/mol. The lowest BCUT2D eigenvalue weighted by Crippen LogP contribution is -2.46. The Morgan fingerprint density at radius 1 is 1.33 bits per heavy atom. The average Bonchev–Trinajstić information content (AvgIpc) is 2.59. The molecule has 0 saturated carbocycles. The van der Waals surface area contributed by atoms with Crippen molar-refractivity contribution in [3.8, 4) is 0 Å². The van der Waals surface area contributed by atoms with E-state index in [4.69, 9.17) is 5.73 Å². The summed E-state index contributed by atoms with van der Waals surface area (Å²) in [5.41, 5.74) is 5.81. The first-order valence-corrected chi connectivity index (χ1v) is 8.71. The minimum Gasteiger partial charge on any atom is -0.355 e. The fourth-order valence-electron chi connectivity index (χ4n) is 2.68. The number of nitrogens with one attached hydrogen (secondary N) is 1. The van der Waals surface area contributed by atoms with Gasteiger partial charge in [-0.2, -0.15) is 8.78 Å². The quantitative estimate of drug-likeness (QED) is 0.763. The molecular weight excluding hydrogens is 336 g/mol. The summed E-state index contributed by atoms with van der Waals surface area (Å²) in [7, 11) is 0. The number of rotatable bonds is 6. The second-order valence-corrected chi connectivity index (χ2v) is 6.64.